The largest absolute Gasteiger partial charge is 0.482 e. The first-order chi connectivity index (χ1) is 10.1. The first-order valence-corrected chi connectivity index (χ1v) is 7.06. The highest BCUT2D eigenvalue weighted by atomic mass is 16.6. The molecule has 1 fully saturated rings. The second-order valence-corrected chi connectivity index (χ2v) is 5.11. The fraction of sp³-hybridized carbons (Fsp3) is 0.500. The Labute approximate surface area is 124 Å². The fourth-order valence-electron chi connectivity index (χ4n) is 2.45. The van der Waals surface area contributed by atoms with E-state index in [-0.39, 0.29) is 24.6 Å². The zero-order valence-electron chi connectivity index (χ0n) is 12.3. The first-order valence-electron chi connectivity index (χ1n) is 7.06. The van der Waals surface area contributed by atoms with Gasteiger partial charge in [-0.2, -0.15) is 0 Å². The van der Waals surface area contributed by atoms with E-state index in [0.717, 1.165) is 19.3 Å². The van der Waals surface area contributed by atoms with Crippen LogP contribution in [0.5, 0.6) is 5.75 Å². The Morgan fingerprint density at radius 3 is 2.71 bits per heavy atom. The molecule has 5 nitrogen and oxygen atoms in total. The van der Waals surface area contributed by atoms with Gasteiger partial charge in [0, 0.05) is 12.7 Å². The molecular formula is C16H20O5. The van der Waals surface area contributed by atoms with Crippen molar-refractivity contribution in [2.24, 2.45) is 0 Å². The summed E-state index contributed by atoms with van der Waals surface area (Å²) in [5.74, 6) is 0.0171. The van der Waals surface area contributed by atoms with Crippen molar-refractivity contribution in [1.29, 1.82) is 0 Å². The molecule has 0 radical (unpaired) electrons. The summed E-state index contributed by atoms with van der Waals surface area (Å²) in [5, 5.41) is 0. The zero-order valence-corrected chi connectivity index (χ0v) is 12.3. The monoisotopic (exact) mass is 292 g/mol. The fourth-order valence-corrected chi connectivity index (χ4v) is 2.45. The van der Waals surface area contributed by atoms with Gasteiger partial charge in [-0.15, -0.1) is 0 Å². The molecule has 0 saturated heterocycles. The van der Waals surface area contributed by atoms with Gasteiger partial charge in [-0.05, 0) is 38.3 Å². The second-order valence-electron chi connectivity index (χ2n) is 5.11. The summed E-state index contributed by atoms with van der Waals surface area (Å²) in [5.41, 5.74) is 0.552. The minimum absolute atomic E-state index is 0.0185. The van der Waals surface area contributed by atoms with Crippen LogP contribution in [0.15, 0.2) is 24.3 Å². The molecule has 0 amide bonds. The standard InChI is InChI=1S/C16H20O5/c1-11(17)12-5-3-6-13(9-12)20-10-16(18)21-15-8-4-7-14(15)19-2/h3,5-6,9,14-15H,4,7-8,10H2,1-2H3/t14-,15-/m0/s1. The number of ether oxygens (including phenoxy) is 3. The Kier molecular flexibility index (Phi) is 5.33. The van der Waals surface area contributed by atoms with E-state index in [9.17, 15) is 9.59 Å². The lowest BCUT2D eigenvalue weighted by molar-refractivity contribution is -0.156. The Bertz CT molecular complexity index is 511. The third-order valence-electron chi connectivity index (χ3n) is 3.57. The number of Topliss-reactive ketones (excluding diaryl/α,β-unsaturated/α-hetero) is 1. The number of carbonyl (C=O) groups excluding carboxylic acids is 2. The smallest absolute Gasteiger partial charge is 0.344 e. The molecule has 1 aromatic rings. The SMILES string of the molecule is CO[C@H]1CCC[C@@H]1OC(=O)COc1cccc(C(C)=O)c1. The van der Waals surface area contributed by atoms with Crippen LogP contribution in [0.25, 0.3) is 0 Å². The van der Waals surface area contributed by atoms with Crippen LogP contribution < -0.4 is 4.74 Å². The lowest BCUT2D eigenvalue weighted by Crippen LogP contribution is -2.29. The number of ketones is 1. The van der Waals surface area contributed by atoms with Crippen LogP contribution >= 0.6 is 0 Å². The van der Waals surface area contributed by atoms with E-state index in [0.29, 0.717) is 11.3 Å². The van der Waals surface area contributed by atoms with Crippen LogP contribution in [0, 0.1) is 0 Å². The maximum atomic E-state index is 11.8. The van der Waals surface area contributed by atoms with Crippen molar-refractivity contribution in [3.8, 4) is 5.75 Å². The van der Waals surface area contributed by atoms with Gasteiger partial charge in [-0.3, -0.25) is 4.79 Å². The topological polar surface area (TPSA) is 61.8 Å². The number of hydrogen-bond acceptors (Lipinski definition) is 5. The molecule has 0 aliphatic heterocycles. The van der Waals surface area contributed by atoms with Crippen LogP contribution in [0.2, 0.25) is 0 Å². The number of benzene rings is 1. The lowest BCUT2D eigenvalue weighted by atomic mass is 10.1. The van der Waals surface area contributed by atoms with Crippen LogP contribution in [0.1, 0.15) is 36.5 Å². The van der Waals surface area contributed by atoms with Gasteiger partial charge >= 0.3 is 5.97 Å². The van der Waals surface area contributed by atoms with E-state index < -0.39 is 5.97 Å². The predicted octanol–water partition coefficient (Wildman–Crippen LogP) is 2.38. The van der Waals surface area contributed by atoms with Crippen LogP contribution in [-0.4, -0.2) is 37.7 Å². The number of methoxy groups -OCH3 is 1. The molecule has 1 aliphatic carbocycles. The number of carbonyl (C=O) groups is 2. The molecule has 0 unspecified atom stereocenters. The quantitative estimate of drug-likeness (QED) is 0.595. The van der Waals surface area contributed by atoms with Crippen molar-refractivity contribution < 1.29 is 23.8 Å². The maximum absolute atomic E-state index is 11.8. The van der Waals surface area contributed by atoms with E-state index in [2.05, 4.69) is 0 Å². The molecule has 1 saturated carbocycles. The summed E-state index contributed by atoms with van der Waals surface area (Å²) in [7, 11) is 1.63. The van der Waals surface area contributed by atoms with E-state index in [1.807, 2.05) is 0 Å². The van der Waals surface area contributed by atoms with Crippen LogP contribution in [-0.2, 0) is 14.3 Å². The van der Waals surface area contributed by atoms with E-state index in [1.165, 1.54) is 6.92 Å². The lowest BCUT2D eigenvalue weighted by Gasteiger charge is -2.18. The number of rotatable bonds is 6. The Hall–Kier alpha value is -1.88. The van der Waals surface area contributed by atoms with Gasteiger partial charge in [0.15, 0.2) is 12.4 Å². The van der Waals surface area contributed by atoms with Crippen molar-refractivity contribution in [2.45, 2.75) is 38.4 Å². The van der Waals surface area contributed by atoms with Crippen molar-refractivity contribution >= 4 is 11.8 Å². The molecule has 1 aliphatic rings. The van der Waals surface area contributed by atoms with Crippen LogP contribution in [0.3, 0.4) is 0 Å². The van der Waals surface area contributed by atoms with Gasteiger partial charge in [-0.1, -0.05) is 12.1 Å². The average molecular weight is 292 g/mol. The van der Waals surface area contributed by atoms with Gasteiger partial charge in [0.25, 0.3) is 0 Å². The normalized spacial score (nSPS) is 21.0. The van der Waals surface area contributed by atoms with Gasteiger partial charge in [0.2, 0.25) is 0 Å². The minimum atomic E-state index is -0.419. The highest BCUT2D eigenvalue weighted by molar-refractivity contribution is 5.94. The van der Waals surface area contributed by atoms with Gasteiger partial charge in [0.1, 0.15) is 11.9 Å². The number of esters is 1. The molecule has 5 heteroatoms. The second kappa shape index (κ2) is 7.22. The Morgan fingerprint density at radius 1 is 1.24 bits per heavy atom. The third kappa shape index (κ3) is 4.29. The molecule has 0 bridgehead atoms. The Balaban J connectivity index is 1.84. The minimum Gasteiger partial charge on any atom is -0.482 e. The van der Waals surface area contributed by atoms with E-state index >= 15 is 0 Å². The third-order valence-corrected chi connectivity index (χ3v) is 3.57. The summed E-state index contributed by atoms with van der Waals surface area (Å²) < 4.78 is 16.0. The number of hydrogen-bond donors (Lipinski definition) is 0. The molecule has 2 atom stereocenters. The summed E-state index contributed by atoms with van der Waals surface area (Å²) in [4.78, 5) is 23.1. The van der Waals surface area contributed by atoms with Crippen molar-refractivity contribution in [3.63, 3.8) is 0 Å². The summed E-state index contributed by atoms with van der Waals surface area (Å²) in [6.07, 6.45) is 2.53. The predicted molar refractivity (Wildman–Crippen MR) is 76.5 cm³/mol. The molecule has 2 rings (SSSR count). The van der Waals surface area contributed by atoms with E-state index in [1.54, 1.807) is 31.4 Å². The highest BCUT2D eigenvalue weighted by Gasteiger charge is 2.30. The van der Waals surface area contributed by atoms with Crippen molar-refractivity contribution in [2.75, 3.05) is 13.7 Å². The molecule has 0 N–H and O–H groups in total. The van der Waals surface area contributed by atoms with Crippen molar-refractivity contribution in [3.05, 3.63) is 29.8 Å². The zero-order chi connectivity index (χ0) is 15.2. The summed E-state index contributed by atoms with van der Waals surface area (Å²) >= 11 is 0. The highest BCUT2D eigenvalue weighted by Crippen LogP contribution is 2.24. The van der Waals surface area contributed by atoms with Crippen molar-refractivity contribution in [1.82, 2.24) is 0 Å². The van der Waals surface area contributed by atoms with Gasteiger partial charge in [0.05, 0.1) is 6.10 Å². The molecular weight excluding hydrogens is 272 g/mol. The molecule has 0 spiro atoms. The van der Waals surface area contributed by atoms with Gasteiger partial charge in [-0.25, -0.2) is 4.79 Å². The molecule has 114 valence electrons. The van der Waals surface area contributed by atoms with Crippen LogP contribution in [0.4, 0.5) is 0 Å². The summed E-state index contributed by atoms with van der Waals surface area (Å²) in [6.45, 7) is 1.31. The maximum Gasteiger partial charge on any atom is 0.344 e. The Morgan fingerprint density at radius 2 is 2.00 bits per heavy atom. The average Bonchev–Trinajstić information content (AvgIpc) is 2.92. The summed E-state index contributed by atoms with van der Waals surface area (Å²) in [6, 6.07) is 6.74. The first kappa shape index (κ1) is 15.5. The molecule has 0 aromatic heterocycles. The van der Waals surface area contributed by atoms with Gasteiger partial charge < -0.3 is 14.2 Å². The molecule has 0 heterocycles. The molecule has 1 aromatic carbocycles. The molecule has 21 heavy (non-hydrogen) atoms. The van der Waals surface area contributed by atoms with E-state index in [4.69, 9.17) is 14.2 Å².